The van der Waals surface area contributed by atoms with Crippen molar-refractivity contribution in [3.8, 4) is 0 Å². The van der Waals surface area contributed by atoms with Crippen molar-refractivity contribution in [1.82, 2.24) is 0 Å². The molecule has 0 saturated heterocycles. The standard InChI is InChI=1S/C14H20N2O5/c1-10-12(15(2)6-4-3-5-7-17)8-11(14(18)19)9-13(10)16(20)21/h8-9,17H,3-7H2,1-2H3,(H,18,19). The average Bonchev–Trinajstić information content (AvgIpc) is 2.43. The van der Waals surface area contributed by atoms with E-state index in [9.17, 15) is 14.9 Å². The smallest absolute Gasteiger partial charge is 0.336 e. The predicted octanol–water partition coefficient (Wildman–Crippen LogP) is 2.20. The molecule has 7 nitrogen and oxygen atoms in total. The molecule has 0 radical (unpaired) electrons. The van der Waals surface area contributed by atoms with E-state index in [1.807, 2.05) is 4.90 Å². The molecular weight excluding hydrogens is 276 g/mol. The molecule has 116 valence electrons. The summed E-state index contributed by atoms with van der Waals surface area (Å²) in [5.41, 5.74) is 0.719. The molecule has 2 N–H and O–H groups in total. The second kappa shape index (κ2) is 7.58. The highest BCUT2D eigenvalue weighted by atomic mass is 16.6. The summed E-state index contributed by atoms with van der Waals surface area (Å²) in [4.78, 5) is 23.4. The van der Waals surface area contributed by atoms with Crippen molar-refractivity contribution in [1.29, 1.82) is 0 Å². The Labute approximate surface area is 123 Å². The van der Waals surface area contributed by atoms with Crippen LogP contribution in [-0.4, -0.2) is 41.3 Å². The van der Waals surface area contributed by atoms with Crippen LogP contribution >= 0.6 is 0 Å². The number of carboxylic acid groups (broad SMARTS) is 1. The van der Waals surface area contributed by atoms with Gasteiger partial charge in [0.2, 0.25) is 0 Å². The van der Waals surface area contributed by atoms with E-state index in [2.05, 4.69) is 0 Å². The number of nitro benzene ring substituents is 1. The third-order valence-corrected chi connectivity index (χ3v) is 3.36. The largest absolute Gasteiger partial charge is 0.478 e. The molecule has 0 aliphatic heterocycles. The molecular formula is C14H20N2O5. The van der Waals surface area contributed by atoms with Gasteiger partial charge in [0.25, 0.3) is 5.69 Å². The molecule has 1 rings (SSSR count). The minimum Gasteiger partial charge on any atom is -0.478 e. The van der Waals surface area contributed by atoms with Crippen molar-refractivity contribution in [3.05, 3.63) is 33.4 Å². The van der Waals surface area contributed by atoms with Gasteiger partial charge in [-0.3, -0.25) is 10.1 Å². The first-order valence-electron chi connectivity index (χ1n) is 6.72. The number of nitrogens with zero attached hydrogens (tertiary/aromatic N) is 2. The first-order chi connectivity index (χ1) is 9.88. The lowest BCUT2D eigenvalue weighted by Gasteiger charge is -2.21. The highest BCUT2D eigenvalue weighted by molar-refractivity contribution is 5.90. The van der Waals surface area contributed by atoms with Crippen LogP contribution in [-0.2, 0) is 0 Å². The molecule has 21 heavy (non-hydrogen) atoms. The summed E-state index contributed by atoms with van der Waals surface area (Å²) >= 11 is 0. The zero-order valence-electron chi connectivity index (χ0n) is 12.2. The van der Waals surface area contributed by atoms with Gasteiger partial charge in [0, 0.05) is 32.0 Å². The zero-order valence-corrected chi connectivity index (χ0v) is 12.2. The number of hydrogen-bond acceptors (Lipinski definition) is 5. The number of hydrogen-bond donors (Lipinski definition) is 2. The second-order valence-electron chi connectivity index (χ2n) is 4.91. The fourth-order valence-electron chi connectivity index (χ4n) is 2.15. The summed E-state index contributed by atoms with van der Waals surface area (Å²) in [6.07, 6.45) is 2.38. The van der Waals surface area contributed by atoms with Gasteiger partial charge in [0.05, 0.1) is 16.1 Å². The van der Waals surface area contributed by atoms with Crippen LogP contribution in [0.3, 0.4) is 0 Å². The second-order valence-corrected chi connectivity index (χ2v) is 4.91. The molecule has 0 aromatic heterocycles. The molecule has 7 heteroatoms. The van der Waals surface area contributed by atoms with Gasteiger partial charge < -0.3 is 15.1 Å². The number of unbranched alkanes of at least 4 members (excludes halogenated alkanes) is 2. The van der Waals surface area contributed by atoms with Crippen LogP contribution in [0.15, 0.2) is 12.1 Å². The number of anilines is 1. The van der Waals surface area contributed by atoms with E-state index in [-0.39, 0.29) is 17.9 Å². The van der Waals surface area contributed by atoms with E-state index < -0.39 is 10.9 Å². The topological polar surface area (TPSA) is 104 Å². The number of benzene rings is 1. The first kappa shape index (κ1) is 16.9. The third kappa shape index (κ3) is 4.42. The van der Waals surface area contributed by atoms with E-state index in [1.165, 1.54) is 6.07 Å². The Hall–Kier alpha value is -2.15. The Morgan fingerprint density at radius 2 is 2.00 bits per heavy atom. The molecule has 0 saturated carbocycles. The fourth-order valence-corrected chi connectivity index (χ4v) is 2.15. The summed E-state index contributed by atoms with van der Waals surface area (Å²) in [7, 11) is 1.77. The lowest BCUT2D eigenvalue weighted by molar-refractivity contribution is -0.385. The number of carboxylic acids is 1. The number of rotatable bonds is 8. The Kier molecular flexibility index (Phi) is 6.10. The van der Waals surface area contributed by atoms with Gasteiger partial charge in [-0.25, -0.2) is 4.79 Å². The van der Waals surface area contributed by atoms with Gasteiger partial charge in [-0.05, 0) is 32.3 Å². The number of aromatic carboxylic acids is 1. The number of aliphatic hydroxyl groups is 1. The molecule has 0 fully saturated rings. The van der Waals surface area contributed by atoms with Crippen molar-refractivity contribution < 1.29 is 19.9 Å². The maximum absolute atomic E-state index is 11.1. The lowest BCUT2D eigenvalue weighted by Crippen LogP contribution is -2.20. The lowest BCUT2D eigenvalue weighted by atomic mass is 10.1. The van der Waals surface area contributed by atoms with Crippen LogP contribution in [0, 0.1) is 17.0 Å². The Morgan fingerprint density at radius 3 is 2.52 bits per heavy atom. The van der Waals surface area contributed by atoms with Gasteiger partial charge >= 0.3 is 5.97 Å². The van der Waals surface area contributed by atoms with Gasteiger partial charge in [-0.2, -0.15) is 0 Å². The maximum Gasteiger partial charge on any atom is 0.336 e. The van der Waals surface area contributed by atoms with Gasteiger partial charge in [0.15, 0.2) is 0 Å². The van der Waals surface area contributed by atoms with Crippen molar-refractivity contribution in [2.45, 2.75) is 26.2 Å². The first-order valence-corrected chi connectivity index (χ1v) is 6.72. The van der Waals surface area contributed by atoms with Crippen molar-refractivity contribution in [3.63, 3.8) is 0 Å². The van der Waals surface area contributed by atoms with E-state index in [1.54, 1.807) is 14.0 Å². The molecule has 0 atom stereocenters. The number of carbonyl (C=O) groups is 1. The molecule has 0 aliphatic carbocycles. The van der Waals surface area contributed by atoms with Gasteiger partial charge in [0.1, 0.15) is 0 Å². The van der Waals surface area contributed by atoms with Gasteiger partial charge in [-0.1, -0.05) is 0 Å². The van der Waals surface area contributed by atoms with Crippen LogP contribution in [0.2, 0.25) is 0 Å². The maximum atomic E-state index is 11.1. The Morgan fingerprint density at radius 1 is 1.33 bits per heavy atom. The Bertz CT molecular complexity index is 530. The summed E-state index contributed by atoms with van der Waals surface area (Å²) in [6.45, 7) is 2.40. The average molecular weight is 296 g/mol. The number of aliphatic hydroxyl groups excluding tert-OH is 1. The molecule has 0 unspecified atom stereocenters. The summed E-state index contributed by atoms with van der Waals surface area (Å²) in [5.74, 6) is -1.19. The van der Waals surface area contributed by atoms with E-state index in [4.69, 9.17) is 10.2 Å². The van der Waals surface area contributed by atoms with Crippen LogP contribution < -0.4 is 4.90 Å². The number of nitro groups is 1. The quantitative estimate of drug-likeness (QED) is 0.433. The highest BCUT2D eigenvalue weighted by Crippen LogP contribution is 2.30. The monoisotopic (exact) mass is 296 g/mol. The molecule has 0 amide bonds. The minimum atomic E-state index is -1.19. The van der Waals surface area contributed by atoms with Crippen LogP contribution in [0.25, 0.3) is 0 Å². The summed E-state index contributed by atoms with van der Waals surface area (Å²) in [5, 5.41) is 28.8. The molecule has 0 spiro atoms. The van der Waals surface area contributed by atoms with E-state index in [0.717, 1.165) is 18.9 Å². The molecule has 1 aromatic carbocycles. The van der Waals surface area contributed by atoms with Crippen molar-refractivity contribution >= 4 is 17.3 Å². The third-order valence-electron chi connectivity index (χ3n) is 3.36. The molecule has 1 aromatic rings. The summed E-state index contributed by atoms with van der Waals surface area (Å²) in [6, 6.07) is 2.54. The van der Waals surface area contributed by atoms with Crippen molar-refractivity contribution in [2.24, 2.45) is 0 Å². The highest BCUT2D eigenvalue weighted by Gasteiger charge is 2.20. The minimum absolute atomic E-state index is 0.0930. The predicted molar refractivity (Wildman–Crippen MR) is 79.0 cm³/mol. The molecule has 0 heterocycles. The van der Waals surface area contributed by atoms with Gasteiger partial charge in [-0.15, -0.1) is 0 Å². The van der Waals surface area contributed by atoms with Crippen LogP contribution in [0.5, 0.6) is 0 Å². The molecule has 0 bridgehead atoms. The molecule has 0 aliphatic rings. The zero-order chi connectivity index (χ0) is 16.0. The summed E-state index contributed by atoms with van der Waals surface area (Å²) < 4.78 is 0. The van der Waals surface area contributed by atoms with E-state index in [0.29, 0.717) is 24.2 Å². The van der Waals surface area contributed by atoms with Crippen LogP contribution in [0.1, 0.15) is 35.2 Å². The normalized spacial score (nSPS) is 10.4. The SMILES string of the molecule is Cc1c(N(C)CCCCCO)cc(C(=O)O)cc1[N+](=O)[O-]. The van der Waals surface area contributed by atoms with Crippen LogP contribution in [0.4, 0.5) is 11.4 Å². The van der Waals surface area contributed by atoms with E-state index >= 15 is 0 Å². The van der Waals surface area contributed by atoms with Crippen molar-refractivity contribution in [2.75, 3.05) is 25.1 Å². The Balaban J connectivity index is 3.04. The fraction of sp³-hybridized carbons (Fsp3) is 0.500.